The first-order chi connectivity index (χ1) is 9.45. The second-order valence-corrected chi connectivity index (χ2v) is 5.15. The highest BCUT2D eigenvalue weighted by atomic mass is 16.5. The molecular formula is C17H25NO. The molecule has 0 bridgehead atoms. The quantitative estimate of drug-likeness (QED) is 0.755. The van der Waals surface area contributed by atoms with Crippen LogP contribution in [0, 0.1) is 0 Å². The minimum atomic E-state index is 0.524. The summed E-state index contributed by atoms with van der Waals surface area (Å²) < 4.78 is 5.86. The molecule has 0 unspecified atom stereocenters. The lowest BCUT2D eigenvalue weighted by molar-refractivity contribution is 0.0306. The third-order valence-corrected chi connectivity index (χ3v) is 3.56. The zero-order chi connectivity index (χ0) is 13.2. The molecule has 19 heavy (non-hydrogen) atoms. The van der Waals surface area contributed by atoms with Gasteiger partial charge in [0, 0.05) is 13.1 Å². The van der Waals surface area contributed by atoms with Crippen LogP contribution in [0.3, 0.4) is 0 Å². The summed E-state index contributed by atoms with van der Waals surface area (Å²) in [5, 5.41) is 3.38. The molecular weight excluding hydrogens is 234 g/mol. The summed E-state index contributed by atoms with van der Waals surface area (Å²) in [5.74, 6) is 0. The Hall–Kier alpha value is -1.12. The molecule has 1 aliphatic carbocycles. The van der Waals surface area contributed by atoms with Crippen molar-refractivity contribution in [3.05, 3.63) is 42.0 Å². The van der Waals surface area contributed by atoms with E-state index in [1.54, 1.807) is 0 Å². The Morgan fingerprint density at radius 1 is 1.11 bits per heavy atom. The first-order valence-electron chi connectivity index (χ1n) is 7.49. The van der Waals surface area contributed by atoms with Gasteiger partial charge in [0.2, 0.25) is 0 Å². The summed E-state index contributed by atoms with van der Waals surface area (Å²) in [6, 6.07) is 10.4. The Bertz CT molecular complexity index is 355. The first-order valence-corrected chi connectivity index (χ1v) is 7.49. The van der Waals surface area contributed by atoms with Crippen molar-refractivity contribution in [2.45, 2.75) is 38.2 Å². The number of nitrogens with one attached hydrogen (secondary N) is 1. The van der Waals surface area contributed by atoms with Gasteiger partial charge in [-0.15, -0.1) is 0 Å². The molecule has 0 heterocycles. The van der Waals surface area contributed by atoms with Crippen molar-refractivity contribution in [2.75, 3.05) is 19.7 Å². The average Bonchev–Trinajstić information content (AvgIpc) is 2.48. The molecule has 1 saturated carbocycles. The first kappa shape index (κ1) is 14.3. The van der Waals surface area contributed by atoms with E-state index in [9.17, 15) is 0 Å². The van der Waals surface area contributed by atoms with Crippen LogP contribution < -0.4 is 5.32 Å². The van der Waals surface area contributed by atoms with Gasteiger partial charge in [-0.3, -0.25) is 0 Å². The van der Waals surface area contributed by atoms with Gasteiger partial charge in [-0.1, -0.05) is 61.7 Å². The number of hydrogen-bond acceptors (Lipinski definition) is 2. The zero-order valence-corrected chi connectivity index (χ0v) is 11.7. The van der Waals surface area contributed by atoms with Crippen LogP contribution in [0.4, 0.5) is 0 Å². The maximum absolute atomic E-state index is 5.86. The van der Waals surface area contributed by atoms with Crippen molar-refractivity contribution in [1.82, 2.24) is 5.32 Å². The van der Waals surface area contributed by atoms with Crippen molar-refractivity contribution in [3.63, 3.8) is 0 Å². The lowest BCUT2D eigenvalue weighted by Crippen LogP contribution is -2.24. The van der Waals surface area contributed by atoms with Gasteiger partial charge in [0.05, 0.1) is 12.7 Å². The second-order valence-electron chi connectivity index (χ2n) is 5.15. The minimum absolute atomic E-state index is 0.524. The van der Waals surface area contributed by atoms with E-state index in [4.69, 9.17) is 4.74 Å². The van der Waals surface area contributed by atoms with Crippen LogP contribution in [0.15, 0.2) is 36.4 Å². The molecule has 1 fully saturated rings. The third kappa shape index (κ3) is 6.04. The molecule has 1 aliphatic rings. The Balaban J connectivity index is 1.49. The normalized spacial score (nSPS) is 17.1. The predicted octanol–water partition coefficient (Wildman–Crippen LogP) is 3.64. The van der Waals surface area contributed by atoms with E-state index in [0.717, 1.165) is 19.7 Å². The fourth-order valence-electron chi connectivity index (χ4n) is 2.47. The predicted molar refractivity (Wildman–Crippen MR) is 81.2 cm³/mol. The lowest BCUT2D eigenvalue weighted by atomic mass is 9.98. The molecule has 104 valence electrons. The van der Waals surface area contributed by atoms with Crippen molar-refractivity contribution in [2.24, 2.45) is 0 Å². The van der Waals surface area contributed by atoms with E-state index in [-0.39, 0.29) is 0 Å². The highest BCUT2D eigenvalue weighted by molar-refractivity contribution is 5.48. The second kappa shape index (κ2) is 8.89. The maximum atomic E-state index is 5.86. The zero-order valence-electron chi connectivity index (χ0n) is 11.7. The molecule has 0 saturated heterocycles. The van der Waals surface area contributed by atoms with Crippen LogP contribution in [-0.4, -0.2) is 25.8 Å². The van der Waals surface area contributed by atoms with E-state index in [2.05, 4.69) is 41.7 Å². The van der Waals surface area contributed by atoms with Crippen molar-refractivity contribution in [3.8, 4) is 0 Å². The fourth-order valence-corrected chi connectivity index (χ4v) is 2.47. The van der Waals surface area contributed by atoms with Crippen molar-refractivity contribution in [1.29, 1.82) is 0 Å². The smallest absolute Gasteiger partial charge is 0.0594 e. The highest BCUT2D eigenvalue weighted by Crippen LogP contribution is 2.19. The molecule has 0 amide bonds. The Morgan fingerprint density at radius 3 is 2.68 bits per heavy atom. The van der Waals surface area contributed by atoms with Gasteiger partial charge in [0.1, 0.15) is 0 Å². The molecule has 0 aliphatic heterocycles. The summed E-state index contributed by atoms with van der Waals surface area (Å²) >= 11 is 0. The molecule has 2 heteroatoms. The van der Waals surface area contributed by atoms with E-state index >= 15 is 0 Å². The Labute approximate surface area is 116 Å². The van der Waals surface area contributed by atoms with Crippen molar-refractivity contribution >= 4 is 6.08 Å². The largest absolute Gasteiger partial charge is 0.377 e. The van der Waals surface area contributed by atoms with E-state index in [1.165, 1.54) is 37.7 Å². The van der Waals surface area contributed by atoms with Gasteiger partial charge in [-0.2, -0.15) is 0 Å². The number of benzene rings is 1. The monoisotopic (exact) mass is 259 g/mol. The maximum Gasteiger partial charge on any atom is 0.0594 e. The van der Waals surface area contributed by atoms with E-state index in [1.807, 2.05) is 6.07 Å². The molecule has 1 N–H and O–H groups in total. The van der Waals surface area contributed by atoms with Gasteiger partial charge in [-0.05, 0) is 18.4 Å². The van der Waals surface area contributed by atoms with Crippen LogP contribution in [0.2, 0.25) is 0 Å². The lowest BCUT2D eigenvalue weighted by Gasteiger charge is -2.21. The molecule has 0 atom stereocenters. The van der Waals surface area contributed by atoms with Crippen molar-refractivity contribution < 1.29 is 4.74 Å². The highest BCUT2D eigenvalue weighted by Gasteiger charge is 2.12. The standard InChI is InChI=1S/C17H25NO/c1-3-8-16(9-4-1)10-7-13-18-14-15-19-17-11-5-2-6-12-17/h1,3-4,7-10,17-18H,2,5-6,11-15H2. The van der Waals surface area contributed by atoms with E-state index < -0.39 is 0 Å². The SMILES string of the molecule is C(=Cc1ccccc1)CNCCOC1CCCCC1. The summed E-state index contributed by atoms with van der Waals surface area (Å²) in [5.41, 5.74) is 1.25. The summed E-state index contributed by atoms with van der Waals surface area (Å²) in [6.45, 7) is 2.68. The van der Waals surface area contributed by atoms with E-state index in [0.29, 0.717) is 6.10 Å². The number of rotatable bonds is 7. The minimum Gasteiger partial charge on any atom is -0.377 e. The molecule has 0 radical (unpaired) electrons. The Kier molecular flexibility index (Phi) is 6.69. The molecule has 0 aromatic heterocycles. The van der Waals surface area contributed by atoms with Gasteiger partial charge >= 0.3 is 0 Å². The topological polar surface area (TPSA) is 21.3 Å². The van der Waals surface area contributed by atoms with Gasteiger partial charge < -0.3 is 10.1 Å². The fraction of sp³-hybridized carbons (Fsp3) is 0.529. The van der Waals surface area contributed by atoms with Crippen LogP contribution >= 0.6 is 0 Å². The van der Waals surface area contributed by atoms with Crippen LogP contribution in [0.5, 0.6) is 0 Å². The van der Waals surface area contributed by atoms with Gasteiger partial charge in [0.15, 0.2) is 0 Å². The number of ether oxygens (including phenoxy) is 1. The molecule has 1 aromatic rings. The summed E-state index contributed by atoms with van der Waals surface area (Å²) in [7, 11) is 0. The number of hydrogen-bond donors (Lipinski definition) is 1. The summed E-state index contributed by atoms with van der Waals surface area (Å²) in [6.07, 6.45) is 11.4. The van der Waals surface area contributed by atoms with Gasteiger partial charge in [0.25, 0.3) is 0 Å². The average molecular weight is 259 g/mol. The van der Waals surface area contributed by atoms with Crippen LogP contribution in [0.1, 0.15) is 37.7 Å². The molecule has 1 aromatic carbocycles. The molecule has 0 spiro atoms. The molecule has 2 rings (SSSR count). The van der Waals surface area contributed by atoms with Crippen LogP contribution in [0.25, 0.3) is 6.08 Å². The summed E-state index contributed by atoms with van der Waals surface area (Å²) in [4.78, 5) is 0. The third-order valence-electron chi connectivity index (χ3n) is 3.56. The van der Waals surface area contributed by atoms with Gasteiger partial charge in [-0.25, -0.2) is 0 Å². The molecule has 2 nitrogen and oxygen atoms in total. The van der Waals surface area contributed by atoms with Crippen LogP contribution in [-0.2, 0) is 4.74 Å². The Morgan fingerprint density at radius 2 is 1.89 bits per heavy atom.